The van der Waals surface area contributed by atoms with Crippen LogP contribution in [0.15, 0.2) is 0 Å². The van der Waals surface area contributed by atoms with Gasteiger partial charge < -0.3 is 4.90 Å². The second-order valence-corrected chi connectivity index (χ2v) is 13.2. The molecule has 3 saturated carbocycles. The molecule has 1 heterocycles. The van der Waals surface area contributed by atoms with Crippen molar-refractivity contribution in [1.82, 2.24) is 4.90 Å². The van der Waals surface area contributed by atoms with Crippen LogP contribution in [-0.4, -0.2) is 24.5 Å². The summed E-state index contributed by atoms with van der Waals surface area (Å²) in [5.74, 6) is 6.94. The van der Waals surface area contributed by atoms with Gasteiger partial charge in [-0.05, 0) is 117 Å². The fraction of sp³-hybridized carbons (Fsp3) is 1.00. The van der Waals surface area contributed by atoms with E-state index >= 15 is 0 Å². The molecule has 4 aliphatic rings. The van der Waals surface area contributed by atoms with E-state index in [0.717, 1.165) is 41.4 Å². The molecule has 0 aromatic carbocycles. The number of rotatable bonds is 7. The average Bonchev–Trinajstić information content (AvgIpc) is 3.05. The number of likely N-dealkylation sites (tertiary alicyclic amines) is 1. The summed E-state index contributed by atoms with van der Waals surface area (Å²) >= 11 is 0. The molecule has 0 bridgehead atoms. The van der Waals surface area contributed by atoms with Crippen LogP contribution < -0.4 is 0 Å². The Morgan fingerprint density at radius 2 is 1.63 bits per heavy atom. The van der Waals surface area contributed by atoms with Gasteiger partial charge >= 0.3 is 0 Å². The largest absolute Gasteiger partial charge is 0.303 e. The van der Waals surface area contributed by atoms with Crippen molar-refractivity contribution >= 4 is 0 Å². The predicted octanol–water partition coefficient (Wildman–Crippen LogP) is 8.04. The van der Waals surface area contributed by atoms with Gasteiger partial charge in [0, 0.05) is 6.54 Å². The number of piperidine rings is 1. The summed E-state index contributed by atoms with van der Waals surface area (Å²) in [6.45, 7) is 19.4. The van der Waals surface area contributed by atoms with E-state index in [-0.39, 0.29) is 0 Å². The van der Waals surface area contributed by atoms with Crippen LogP contribution in [-0.2, 0) is 0 Å². The molecule has 8 atom stereocenters. The highest BCUT2D eigenvalue weighted by molar-refractivity contribution is 5.09. The van der Waals surface area contributed by atoms with E-state index < -0.39 is 0 Å². The number of hydrogen-bond donors (Lipinski definition) is 0. The topological polar surface area (TPSA) is 3.24 Å². The molecule has 0 unspecified atom stereocenters. The monoisotopic (exact) mass is 415 g/mol. The van der Waals surface area contributed by atoms with Gasteiger partial charge in [-0.2, -0.15) is 0 Å². The van der Waals surface area contributed by atoms with E-state index in [0.29, 0.717) is 10.8 Å². The van der Waals surface area contributed by atoms with Crippen LogP contribution in [0.4, 0.5) is 0 Å². The zero-order valence-corrected chi connectivity index (χ0v) is 21.4. The Morgan fingerprint density at radius 1 is 0.867 bits per heavy atom. The molecule has 0 amide bonds. The normalized spacial score (nSPS) is 45.1. The average molecular weight is 416 g/mol. The molecular weight excluding hydrogens is 362 g/mol. The molecule has 0 spiro atoms. The number of hydrogen-bond acceptors (Lipinski definition) is 1. The van der Waals surface area contributed by atoms with Gasteiger partial charge in [-0.1, -0.05) is 60.8 Å². The molecule has 1 saturated heterocycles. The zero-order valence-electron chi connectivity index (χ0n) is 21.4. The van der Waals surface area contributed by atoms with Gasteiger partial charge in [0.05, 0.1) is 0 Å². The van der Waals surface area contributed by atoms with Crippen LogP contribution in [0.1, 0.15) is 112 Å². The Kier molecular flexibility index (Phi) is 6.99. The van der Waals surface area contributed by atoms with Crippen LogP contribution in [0, 0.1) is 52.3 Å². The Bertz CT molecular complexity index is 569. The summed E-state index contributed by atoms with van der Waals surface area (Å²) < 4.78 is 0. The van der Waals surface area contributed by atoms with Gasteiger partial charge in [0.15, 0.2) is 0 Å². The lowest BCUT2D eigenvalue weighted by atomic mass is 9.45. The van der Waals surface area contributed by atoms with E-state index in [9.17, 15) is 0 Å². The molecule has 30 heavy (non-hydrogen) atoms. The second kappa shape index (κ2) is 9.07. The summed E-state index contributed by atoms with van der Waals surface area (Å²) in [4.78, 5) is 2.80. The smallest absolute Gasteiger partial charge is 0.00150 e. The van der Waals surface area contributed by atoms with Crippen LogP contribution >= 0.6 is 0 Å². The van der Waals surface area contributed by atoms with Crippen molar-refractivity contribution in [3.05, 3.63) is 0 Å². The van der Waals surface area contributed by atoms with Gasteiger partial charge in [-0.15, -0.1) is 0 Å². The lowest BCUT2D eigenvalue weighted by Crippen LogP contribution is -2.57. The second-order valence-electron chi connectivity index (χ2n) is 13.2. The van der Waals surface area contributed by atoms with Crippen molar-refractivity contribution in [3.63, 3.8) is 0 Å². The molecule has 3 aliphatic carbocycles. The van der Waals surface area contributed by atoms with Crippen LogP contribution in [0.25, 0.3) is 0 Å². The molecule has 1 heteroatoms. The molecule has 1 nitrogen and oxygen atoms in total. The lowest BCUT2D eigenvalue weighted by molar-refractivity contribution is -0.125. The highest BCUT2D eigenvalue weighted by atomic mass is 15.1. The van der Waals surface area contributed by atoms with Gasteiger partial charge in [0.2, 0.25) is 0 Å². The molecule has 4 rings (SSSR count). The minimum absolute atomic E-state index is 0.648. The molecule has 0 aromatic rings. The Morgan fingerprint density at radius 3 is 2.37 bits per heavy atom. The molecular formula is C29H53N. The standard InChI is InChI=1S/C29H53N/c1-7-18-30-19-17-28(5)23(20-30)11-12-24-26-14-13-25(22(4)10-8-9-21(2)3)29(26,6)16-15-27(24)28/h21-27H,7-20H2,1-6H3/t22-,23+,24+,25-,26+,27+,28+,29-/m1/s1. The molecule has 4 fully saturated rings. The highest BCUT2D eigenvalue weighted by Crippen LogP contribution is 2.67. The molecule has 0 aromatic heterocycles. The van der Waals surface area contributed by atoms with Crippen LogP contribution in [0.5, 0.6) is 0 Å². The summed E-state index contributed by atoms with van der Waals surface area (Å²) in [7, 11) is 0. The fourth-order valence-electron chi connectivity index (χ4n) is 9.57. The molecule has 1 aliphatic heterocycles. The third-order valence-electron chi connectivity index (χ3n) is 11.3. The highest BCUT2D eigenvalue weighted by Gasteiger charge is 2.60. The van der Waals surface area contributed by atoms with E-state index in [4.69, 9.17) is 0 Å². The SMILES string of the molecule is CCCN1CC[C@@]2(C)[C@@H](CC[C@@H]3[C@@H]2CC[C@]2(C)[C@@H]([C@H](C)CCCC(C)C)CC[C@@H]32)C1. The Balaban J connectivity index is 1.43. The molecule has 174 valence electrons. The van der Waals surface area contributed by atoms with Crippen LogP contribution in [0.2, 0.25) is 0 Å². The van der Waals surface area contributed by atoms with E-state index in [2.05, 4.69) is 46.4 Å². The third-order valence-corrected chi connectivity index (χ3v) is 11.3. The summed E-state index contributed by atoms with van der Waals surface area (Å²) in [6, 6.07) is 0. The van der Waals surface area contributed by atoms with Crippen molar-refractivity contribution < 1.29 is 0 Å². The van der Waals surface area contributed by atoms with Crippen molar-refractivity contribution in [1.29, 1.82) is 0 Å². The van der Waals surface area contributed by atoms with E-state index in [1.165, 1.54) is 64.6 Å². The number of nitrogens with zero attached hydrogens (tertiary/aromatic N) is 1. The minimum Gasteiger partial charge on any atom is -0.303 e. The van der Waals surface area contributed by atoms with Gasteiger partial charge in [-0.25, -0.2) is 0 Å². The Labute approximate surface area is 189 Å². The maximum atomic E-state index is 2.80. The first-order valence-electron chi connectivity index (χ1n) is 14.0. The first-order chi connectivity index (χ1) is 14.3. The van der Waals surface area contributed by atoms with Gasteiger partial charge in [-0.3, -0.25) is 0 Å². The van der Waals surface area contributed by atoms with Crippen molar-refractivity contribution in [2.75, 3.05) is 19.6 Å². The predicted molar refractivity (Wildman–Crippen MR) is 131 cm³/mol. The summed E-state index contributed by atoms with van der Waals surface area (Å²) in [5, 5.41) is 0. The first-order valence-corrected chi connectivity index (χ1v) is 14.0. The van der Waals surface area contributed by atoms with Gasteiger partial charge in [0.1, 0.15) is 0 Å². The fourth-order valence-corrected chi connectivity index (χ4v) is 9.57. The summed E-state index contributed by atoms with van der Waals surface area (Å²) in [5.41, 5.74) is 1.31. The first kappa shape index (κ1) is 23.1. The molecule has 0 N–H and O–H groups in total. The number of fused-ring (bicyclic) bond motifs is 5. The quantitative estimate of drug-likeness (QED) is 0.406. The lowest BCUT2D eigenvalue weighted by Gasteiger charge is -2.61. The maximum absolute atomic E-state index is 2.80. The van der Waals surface area contributed by atoms with E-state index in [1.54, 1.807) is 25.7 Å². The van der Waals surface area contributed by atoms with Crippen molar-refractivity contribution in [2.24, 2.45) is 52.3 Å². The van der Waals surface area contributed by atoms with Gasteiger partial charge in [0.25, 0.3) is 0 Å². The van der Waals surface area contributed by atoms with Crippen molar-refractivity contribution in [3.8, 4) is 0 Å². The van der Waals surface area contributed by atoms with Crippen molar-refractivity contribution in [2.45, 2.75) is 112 Å². The summed E-state index contributed by atoms with van der Waals surface area (Å²) in [6.07, 6.45) is 16.4. The van der Waals surface area contributed by atoms with E-state index in [1.807, 2.05) is 0 Å². The van der Waals surface area contributed by atoms with Crippen LogP contribution in [0.3, 0.4) is 0 Å². The maximum Gasteiger partial charge on any atom is 0.00150 e. The Hall–Kier alpha value is -0.0400. The third kappa shape index (κ3) is 4.04. The molecule has 0 radical (unpaired) electrons. The zero-order chi connectivity index (χ0) is 21.5. The minimum atomic E-state index is 0.648.